The highest BCUT2D eigenvalue weighted by Gasteiger charge is 2.02. The zero-order chi connectivity index (χ0) is 16.8. The normalized spacial score (nSPS) is 9.90. The Balaban J connectivity index is 0. The van der Waals surface area contributed by atoms with Crippen LogP contribution in [-0.4, -0.2) is 43.8 Å². The minimum Gasteiger partial charge on any atom is -0.377 e. The molecule has 1 aromatic rings. The van der Waals surface area contributed by atoms with Gasteiger partial charge in [-0.3, -0.25) is 0 Å². The first-order valence-electron chi connectivity index (χ1n) is 6.71. The van der Waals surface area contributed by atoms with Gasteiger partial charge in [-0.05, 0) is 5.56 Å². The maximum Gasteiger partial charge on any atom is 0.164 e. The summed E-state index contributed by atoms with van der Waals surface area (Å²) in [6, 6.07) is 10.4. The third-order valence-electron chi connectivity index (χ3n) is 2.08. The minimum absolute atomic E-state index is 0.743. The topological polar surface area (TPSA) is 6.25 Å². The molecule has 0 heterocycles. The molecule has 2 nitrogen and oxygen atoms in total. The van der Waals surface area contributed by atoms with Crippen LogP contribution in [0.5, 0.6) is 0 Å². The summed E-state index contributed by atoms with van der Waals surface area (Å²) in [5, 5.41) is 0. The van der Waals surface area contributed by atoms with Gasteiger partial charge in [-0.15, -0.1) is 0 Å². The average molecular weight is 627 g/mol. The van der Waals surface area contributed by atoms with Crippen LogP contribution >= 0.6 is 67.8 Å². The Morgan fingerprint density at radius 1 is 1.05 bits per heavy atom. The van der Waals surface area contributed by atoms with Crippen molar-refractivity contribution in [1.82, 2.24) is 4.90 Å². The summed E-state index contributed by atoms with van der Waals surface area (Å²) in [7, 11) is 8.16. The quantitative estimate of drug-likeness (QED) is 0.185. The fourth-order valence-corrected chi connectivity index (χ4v) is 1.33. The van der Waals surface area contributed by atoms with Gasteiger partial charge in [0.05, 0.1) is 0 Å². The standard InChI is InChI=1S/C13H19N2.C2H6.CHI3/c1-14(2)11-10-13(15(3)4)12-8-6-5-7-9-12;1-2;2-1(3)4/h5-11H,1-4H3;1-2H3;1H/q+1;;. The predicted octanol–water partition coefficient (Wildman–Crippen LogP) is 5.53. The van der Waals surface area contributed by atoms with Crippen molar-refractivity contribution >= 4 is 79.7 Å². The molecule has 0 aliphatic carbocycles. The van der Waals surface area contributed by atoms with E-state index in [1.165, 1.54) is 11.3 Å². The second kappa shape index (κ2) is 15.5. The number of halogens is 3. The molecule has 0 radical (unpaired) electrons. The van der Waals surface area contributed by atoms with Crippen molar-refractivity contribution in [3.63, 3.8) is 0 Å². The molecule has 0 unspecified atom stereocenters. The van der Waals surface area contributed by atoms with E-state index >= 15 is 0 Å². The summed E-state index contributed by atoms with van der Waals surface area (Å²) in [4.78, 5) is 2.12. The zero-order valence-corrected chi connectivity index (χ0v) is 20.1. The first-order valence-corrected chi connectivity index (χ1v) is 10.4. The van der Waals surface area contributed by atoms with E-state index in [9.17, 15) is 0 Å². The van der Waals surface area contributed by atoms with Crippen LogP contribution in [0.2, 0.25) is 0 Å². The second-order valence-corrected chi connectivity index (χ2v) is 15.1. The summed E-state index contributed by atoms with van der Waals surface area (Å²) in [6.45, 7) is 4.00. The lowest BCUT2D eigenvalue weighted by atomic mass is 10.1. The minimum atomic E-state index is 0.743. The Morgan fingerprint density at radius 2 is 1.48 bits per heavy atom. The number of allylic oxidation sites excluding steroid dienone is 1. The second-order valence-electron chi connectivity index (χ2n) is 4.17. The molecular weight excluding hydrogens is 601 g/mol. The van der Waals surface area contributed by atoms with Crippen molar-refractivity contribution in [3.8, 4) is 0 Å². The number of rotatable bonds is 3. The van der Waals surface area contributed by atoms with Crippen molar-refractivity contribution in [2.75, 3.05) is 28.2 Å². The van der Waals surface area contributed by atoms with Crippen LogP contribution < -0.4 is 0 Å². The van der Waals surface area contributed by atoms with Crippen LogP contribution in [0.15, 0.2) is 36.4 Å². The number of hydrogen-bond donors (Lipinski definition) is 0. The van der Waals surface area contributed by atoms with E-state index in [-0.39, 0.29) is 0 Å². The van der Waals surface area contributed by atoms with Crippen LogP contribution in [0.1, 0.15) is 19.4 Å². The summed E-state index contributed by atoms with van der Waals surface area (Å²) in [6.07, 6.45) is 4.18. The summed E-state index contributed by atoms with van der Waals surface area (Å²) >= 11 is 6.95. The molecule has 0 fully saturated rings. The zero-order valence-electron chi connectivity index (χ0n) is 13.6. The molecule has 0 atom stereocenters. The Labute approximate surface area is 171 Å². The van der Waals surface area contributed by atoms with E-state index in [4.69, 9.17) is 0 Å². The Morgan fingerprint density at radius 3 is 1.81 bits per heavy atom. The largest absolute Gasteiger partial charge is 0.377 e. The molecule has 1 rings (SSSR count). The number of alkyl halides is 3. The number of benzene rings is 1. The van der Waals surface area contributed by atoms with Gasteiger partial charge < -0.3 is 4.90 Å². The average Bonchev–Trinajstić information content (AvgIpc) is 2.41. The fourth-order valence-electron chi connectivity index (χ4n) is 1.33. The molecule has 0 saturated heterocycles. The van der Waals surface area contributed by atoms with Gasteiger partial charge in [-0.2, -0.15) is 0 Å². The monoisotopic (exact) mass is 627 g/mol. The van der Waals surface area contributed by atoms with E-state index < -0.39 is 0 Å². The van der Waals surface area contributed by atoms with Gasteiger partial charge in [-0.25, -0.2) is 4.58 Å². The van der Waals surface area contributed by atoms with Crippen molar-refractivity contribution < 1.29 is 4.58 Å². The van der Waals surface area contributed by atoms with Gasteiger partial charge >= 0.3 is 0 Å². The molecule has 0 aliphatic rings. The third-order valence-corrected chi connectivity index (χ3v) is 2.08. The van der Waals surface area contributed by atoms with E-state index in [2.05, 4.69) is 123 Å². The van der Waals surface area contributed by atoms with E-state index in [1.807, 2.05) is 38.6 Å². The Bertz CT molecular complexity index is 406. The van der Waals surface area contributed by atoms with E-state index in [1.54, 1.807) is 0 Å². The molecule has 0 saturated carbocycles. The van der Waals surface area contributed by atoms with Crippen LogP contribution in [0.25, 0.3) is 5.70 Å². The molecule has 1 aromatic carbocycles. The summed E-state index contributed by atoms with van der Waals surface area (Å²) in [5.74, 6) is 0. The fraction of sp³-hybridized carbons (Fsp3) is 0.438. The molecule has 0 bridgehead atoms. The van der Waals surface area contributed by atoms with Crippen molar-refractivity contribution in [1.29, 1.82) is 0 Å². The van der Waals surface area contributed by atoms with Gasteiger partial charge in [-0.1, -0.05) is 112 Å². The predicted molar refractivity (Wildman–Crippen MR) is 123 cm³/mol. The highest BCUT2D eigenvalue weighted by Crippen LogP contribution is 2.16. The number of hydrogen-bond acceptors (Lipinski definition) is 1. The molecule has 0 aliphatic heterocycles. The van der Waals surface area contributed by atoms with Gasteiger partial charge in [0, 0.05) is 25.9 Å². The van der Waals surface area contributed by atoms with Crippen LogP contribution in [0.4, 0.5) is 0 Å². The smallest absolute Gasteiger partial charge is 0.164 e. The molecule has 21 heavy (non-hydrogen) atoms. The number of nitrogens with zero attached hydrogens (tertiary/aromatic N) is 2. The SMILES string of the molecule is CC.CN(C)/C(=C/C=[N+](C)C)c1ccccc1.IC(I)I. The van der Waals surface area contributed by atoms with Gasteiger partial charge in [0.1, 0.15) is 14.0 Å². The van der Waals surface area contributed by atoms with Gasteiger partial charge in [0.25, 0.3) is 0 Å². The third kappa shape index (κ3) is 15.3. The lowest BCUT2D eigenvalue weighted by Gasteiger charge is -2.16. The van der Waals surface area contributed by atoms with Gasteiger partial charge in [0.15, 0.2) is 6.21 Å². The van der Waals surface area contributed by atoms with E-state index in [0.717, 1.165) is -0.0619 Å². The van der Waals surface area contributed by atoms with Gasteiger partial charge in [0.2, 0.25) is 0 Å². The molecule has 0 amide bonds. The lowest BCUT2D eigenvalue weighted by molar-refractivity contribution is -0.458. The lowest BCUT2D eigenvalue weighted by Crippen LogP contribution is -2.11. The first-order chi connectivity index (χ1) is 9.84. The van der Waals surface area contributed by atoms with Crippen LogP contribution in [0.3, 0.4) is 0 Å². The molecule has 0 spiro atoms. The van der Waals surface area contributed by atoms with Crippen molar-refractivity contribution in [3.05, 3.63) is 42.0 Å². The molecule has 0 aromatic heterocycles. The molecule has 120 valence electrons. The van der Waals surface area contributed by atoms with E-state index in [0.29, 0.717) is 0 Å². The van der Waals surface area contributed by atoms with Crippen molar-refractivity contribution in [2.24, 2.45) is 0 Å². The highest BCUT2D eigenvalue weighted by atomic mass is 127. The van der Waals surface area contributed by atoms with Crippen LogP contribution in [-0.2, 0) is 0 Å². The molecule has 0 N–H and O–H groups in total. The first kappa shape index (κ1) is 23.9. The Kier molecular flexibility index (Phi) is 17.6. The maximum absolute atomic E-state index is 2.32. The Hall–Kier alpha value is 0.620. The van der Waals surface area contributed by atoms with Crippen LogP contribution in [0, 0.1) is 0 Å². The molecular formula is C16H26I3N2+. The summed E-state index contributed by atoms with van der Waals surface area (Å²) in [5.41, 5.74) is 2.45. The molecule has 5 heteroatoms. The summed E-state index contributed by atoms with van der Waals surface area (Å²) < 4.78 is 2.78. The highest BCUT2D eigenvalue weighted by molar-refractivity contribution is 14.3. The maximum atomic E-state index is 2.32. The van der Waals surface area contributed by atoms with Crippen molar-refractivity contribution in [2.45, 2.75) is 13.8 Å².